The molecular weight excluding hydrogens is 284 g/mol. The molecule has 0 spiro atoms. The number of nitrogens with zero attached hydrogens (tertiary/aromatic N) is 1. The van der Waals surface area contributed by atoms with Gasteiger partial charge in [-0.25, -0.2) is 4.98 Å². The number of thiocarbonyl (C=S) groups is 1. The summed E-state index contributed by atoms with van der Waals surface area (Å²) in [4.78, 5) is 27.2. The molecule has 2 heterocycles. The van der Waals surface area contributed by atoms with E-state index in [1.54, 1.807) is 18.5 Å². The van der Waals surface area contributed by atoms with Crippen molar-refractivity contribution in [2.45, 2.75) is 6.42 Å². The zero-order valence-corrected chi connectivity index (χ0v) is 11.4. The number of amides is 1. The van der Waals surface area contributed by atoms with Crippen LogP contribution in [0.25, 0.3) is 6.08 Å². The number of rotatable bonds is 4. The van der Waals surface area contributed by atoms with E-state index in [1.165, 1.54) is 16.7 Å². The Morgan fingerprint density at radius 2 is 2.37 bits per heavy atom. The van der Waals surface area contributed by atoms with Crippen LogP contribution in [0.3, 0.4) is 0 Å². The van der Waals surface area contributed by atoms with Gasteiger partial charge in [-0.05, 0) is 12.1 Å². The van der Waals surface area contributed by atoms with Gasteiger partial charge in [-0.1, -0.05) is 24.0 Å². The number of H-pyrrole nitrogens is 1. The predicted molar refractivity (Wildman–Crippen MR) is 72.5 cm³/mol. The average molecular weight is 294 g/mol. The quantitative estimate of drug-likeness (QED) is 0.570. The highest BCUT2D eigenvalue weighted by molar-refractivity contribution is 8.26. The third kappa shape index (κ3) is 3.39. The number of carbonyl (C=O) groups excluding carboxylic acids is 2. The molecule has 1 saturated heterocycles. The Labute approximate surface area is 119 Å². The summed E-state index contributed by atoms with van der Waals surface area (Å²) in [6, 6.07) is 3.67. The largest absolute Gasteiger partial charge is 0.550 e. The zero-order chi connectivity index (χ0) is 13.8. The molecule has 1 fully saturated rings. The summed E-state index contributed by atoms with van der Waals surface area (Å²) < 4.78 is 0.373. The monoisotopic (exact) mass is 294 g/mol. The number of hydrogen-bond acceptors (Lipinski definition) is 5. The van der Waals surface area contributed by atoms with Crippen LogP contribution in [0.2, 0.25) is 0 Å². The van der Waals surface area contributed by atoms with E-state index in [0.29, 0.717) is 9.23 Å². The molecule has 1 aromatic heterocycles. The third-order valence-electron chi connectivity index (χ3n) is 2.44. The Hall–Kier alpha value is -1.73. The molecule has 5 nitrogen and oxygen atoms in total. The molecule has 0 aliphatic carbocycles. The number of hydrogen-bond donors (Lipinski definition) is 0. The van der Waals surface area contributed by atoms with Crippen LogP contribution in [0, 0.1) is 0 Å². The first-order valence-corrected chi connectivity index (χ1v) is 6.72. The second-order valence-corrected chi connectivity index (χ2v) is 5.47. The van der Waals surface area contributed by atoms with Crippen molar-refractivity contribution in [2.24, 2.45) is 0 Å². The summed E-state index contributed by atoms with van der Waals surface area (Å²) in [5.74, 6) is -1.46. The van der Waals surface area contributed by atoms with E-state index in [2.05, 4.69) is 4.98 Å². The number of aromatic amines is 1. The lowest BCUT2D eigenvalue weighted by molar-refractivity contribution is -0.378. The summed E-state index contributed by atoms with van der Waals surface area (Å²) in [5.41, 5.74) is 0.850. The van der Waals surface area contributed by atoms with E-state index in [4.69, 9.17) is 12.2 Å². The number of nitrogens with one attached hydrogen (secondary N) is 1. The molecule has 7 heteroatoms. The number of carboxylic acids is 1. The van der Waals surface area contributed by atoms with Gasteiger partial charge in [0.1, 0.15) is 4.32 Å². The van der Waals surface area contributed by atoms with Gasteiger partial charge >= 0.3 is 0 Å². The Balaban J connectivity index is 2.14. The third-order valence-corrected chi connectivity index (χ3v) is 3.82. The van der Waals surface area contributed by atoms with Gasteiger partial charge in [0.15, 0.2) is 12.4 Å². The predicted octanol–water partition coefficient (Wildman–Crippen LogP) is -0.158. The minimum absolute atomic E-state index is 0.0469. The fourth-order valence-electron chi connectivity index (χ4n) is 1.54. The smallest absolute Gasteiger partial charge is 0.266 e. The van der Waals surface area contributed by atoms with Gasteiger partial charge in [-0.2, -0.15) is 0 Å². The Kier molecular flexibility index (Phi) is 4.28. The molecule has 1 aliphatic rings. The van der Waals surface area contributed by atoms with Crippen LogP contribution in [-0.2, 0) is 9.59 Å². The zero-order valence-electron chi connectivity index (χ0n) is 9.79. The van der Waals surface area contributed by atoms with E-state index < -0.39 is 5.97 Å². The van der Waals surface area contributed by atoms with Crippen LogP contribution in [0.15, 0.2) is 29.4 Å². The summed E-state index contributed by atoms with van der Waals surface area (Å²) in [7, 11) is 0. The molecular formula is C12H10N2O3S2. The second-order valence-electron chi connectivity index (χ2n) is 3.79. The number of carboxylic acid groups (broad SMARTS) is 1. The van der Waals surface area contributed by atoms with Gasteiger partial charge < -0.3 is 9.90 Å². The van der Waals surface area contributed by atoms with E-state index in [-0.39, 0.29) is 18.9 Å². The van der Waals surface area contributed by atoms with E-state index in [1.807, 2.05) is 12.1 Å². The first kappa shape index (κ1) is 13.7. The van der Waals surface area contributed by atoms with Crippen molar-refractivity contribution in [3.05, 3.63) is 35.0 Å². The van der Waals surface area contributed by atoms with E-state index in [0.717, 1.165) is 5.56 Å². The Bertz CT molecular complexity index is 557. The molecule has 19 heavy (non-hydrogen) atoms. The molecule has 0 saturated carbocycles. The average Bonchev–Trinajstić information content (AvgIpc) is 2.63. The molecule has 0 bridgehead atoms. The lowest BCUT2D eigenvalue weighted by atomic mass is 10.2. The van der Waals surface area contributed by atoms with Crippen LogP contribution in [0.5, 0.6) is 0 Å². The van der Waals surface area contributed by atoms with Crippen molar-refractivity contribution in [3.63, 3.8) is 0 Å². The van der Waals surface area contributed by atoms with Crippen molar-refractivity contribution < 1.29 is 19.7 Å². The Morgan fingerprint density at radius 1 is 1.58 bits per heavy atom. The summed E-state index contributed by atoms with van der Waals surface area (Å²) in [5, 5.41) is 10.4. The van der Waals surface area contributed by atoms with Gasteiger partial charge in [0.25, 0.3) is 5.91 Å². The van der Waals surface area contributed by atoms with Gasteiger partial charge in [-0.15, -0.1) is 0 Å². The minimum Gasteiger partial charge on any atom is -0.550 e. The first-order chi connectivity index (χ1) is 9.08. The fourth-order valence-corrected chi connectivity index (χ4v) is 2.85. The van der Waals surface area contributed by atoms with Gasteiger partial charge in [0, 0.05) is 30.6 Å². The molecule has 98 valence electrons. The second kappa shape index (κ2) is 5.94. The number of thioether (sulfide) groups is 1. The summed E-state index contributed by atoms with van der Waals surface area (Å²) >= 11 is 6.24. The molecule has 2 rings (SSSR count). The summed E-state index contributed by atoms with van der Waals surface area (Å²) in [6.45, 7) is 0.0469. The van der Waals surface area contributed by atoms with Crippen molar-refractivity contribution in [3.8, 4) is 0 Å². The van der Waals surface area contributed by atoms with E-state index >= 15 is 0 Å². The van der Waals surface area contributed by atoms with Crippen LogP contribution in [0.1, 0.15) is 12.0 Å². The van der Waals surface area contributed by atoms with Crippen molar-refractivity contribution in [1.29, 1.82) is 0 Å². The highest BCUT2D eigenvalue weighted by Gasteiger charge is 2.31. The molecule has 1 amide bonds. The van der Waals surface area contributed by atoms with Crippen LogP contribution in [-0.4, -0.2) is 27.6 Å². The van der Waals surface area contributed by atoms with Gasteiger partial charge in [-0.3, -0.25) is 9.69 Å². The van der Waals surface area contributed by atoms with Crippen molar-refractivity contribution >= 4 is 46.3 Å². The van der Waals surface area contributed by atoms with Gasteiger partial charge in [0.2, 0.25) is 0 Å². The van der Waals surface area contributed by atoms with Crippen molar-refractivity contribution in [1.82, 2.24) is 4.90 Å². The molecule has 1 N–H and O–H groups in total. The van der Waals surface area contributed by atoms with E-state index in [9.17, 15) is 14.7 Å². The number of aromatic nitrogens is 1. The number of carbonyl (C=O) groups is 2. The SMILES string of the molecule is O=C([O-])CCN1C(=O)/C(=C/c2ccc[nH+]c2)SC1=S. The highest BCUT2D eigenvalue weighted by Crippen LogP contribution is 2.32. The molecule has 0 unspecified atom stereocenters. The molecule has 1 aromatic rings. The maximum Gasteiger partial charge on any atom is 0.266 e. The number of pyridine rings is 1. The fraction of sp³-hybridized carbons (Fsp3) is 0.167. The minimum atomic E-state index is -1.20. The normalized spacial score (nSPS) is 17.3. The lowest BCUT2D eigenvalue weighted by Crippen LogP contribution is -2.33. The van der Waals surface area contributed by atoms with Gasteiger partial charge in [0.05, 0.1) is 4.91 Å². The van der Waals surface area contributed by atoms with Crippen LogP contribution >= 0.6 is 24.0 Å². The van der Waals surface area contributed by atoms with Crippen molar-refractivity contribution in [2.75, 3.05) is 6.54 Å². The molecule has 0 atom stereocenters. The van der Waals surface area contributed by atoms with Crippen LogP contribution < -0.4 is 10.1 Å². The summed E-state index contributed by atoms with van der Waals surface area (Å²) in [6.07, 6.45) is 5.02. The maximum absolute atomic E-state index is 12.1. The Morgan fingerprint density at radius 3 is 3.00 bits per heavy atom. The number of aliphatic carboxylic acids is 1. The highest BCUT2D eigenvalue weighted by atomic mass is 32.2. The molecule has 0 radical (unpaired) electrons. The molecule has 1 aliphatic heterocycles. The maximum atomic E-state index is 12.1. The standard InChI is InChI=1S/C12H10N2O3S2/c15-10(16)3-5-14-11(17)9(19-12(14)18)6-8-2-1-4-13-7-8/h1-2,4,6-7H,3,5H2,(H,15,16)/b9-6-. The van der Waals surface area contributed by atoms with Crippen LogP contribution in [0.4, 0.5) is 0 Å². The molecule has 0 aromatic carbocycles. The first-order valence-electron chi connectivity index (χ1n) is 5.49. The topological polar surface area (TPSA) is 74.6 Å². The lowest BCUT2D eigenvalue weighted by Gasteiger charge is -2.14.